The van der Waals surface area contributed by atoms with Crippen molar-refractivity contribution in [2.24, 2.45) is 0 Å². The molecular formula is C16H24BrNO4. The molecule has 0 atom stereocenters. The summed E-state index contributed by atoms with van der Waals surface area (Å²) in [4.78, 5) is 13.1. The maximum absolute atomic E-state index is 10.8. The number of carbonyl (C=O) groups is 1. The number of nitrogens with zero attached hydrogens (tertiary/aromatic N) is 1. The molecule has 5 nitrogen and oxygen atoms in total. The Morgan fingerprint density at radius 2 is 2.00 bits per heavy atom. The molecule has 0 aromatic heterocycles. The van der Waals surface area contributed by atoms with Gasteiger partial charge in [-0.1, -0.05) is 29.8 Å². The van der Waals surface area contributed by atoms with Crippen LogP contribution >= 0.6 is 15.9 Å². The number of likely N-dealkylation sites (N-methyl/N-ethyl adjacent to an activating group) is 1. The SMILES string of the molecule is CCN(CC)CCOc1c(CCC(=O)O)cc(Br)cc1OC. The maximum Gasteiger partial charge on any atom is 0.303 e. The van der Waals surface area contributed by atoms with Gasteiger partial charge in [-0.15, -0.1) is 0 Å². The monoisotopic (exact) mass is 373 g/mol. The van der Waals surface area contributed by atoms with Gasteiger partial charge < -0.3 is 19.5 Å². The summed E-state index contributed by atoms with van der Waals surface area (Å²) in [6.45, 7) is 7.54. The first-order valence-electron chi connectivity index (χ1n) is 7.45. The first kappa shape index (κ1) is 18.8. The Labute approximate surface area is 140 Å². The van der Waals surface area contributed by atoms with Crippen LogP contribution in [-0.4, -0.2) is 49.3 Å². The molecule has 124 valence electrons. The molecule has 0 aliphatic heterocycles. The van der Waals surface area contributed by atoms with Crippen LogP contribution in [0.15, 0.2) is 16.6 Å². The highest BCUT2D eigenvalue weighted by Crippen LogP contribution is 2.35. The van der Waals surface area contributed by atoms with Gasteiger partial charge in [0.15, 0.2) is 11.5 Å². The summed E-state index contributed by atoms with van der Waals surface area (Å²) in [6.07, 6.45) is 0.470. The van der Waals surface area contributed by atoms with E-state index < -0.39 is 5.97 Å². The third kappa shape index (κ3) is 5.85. The van der Waals surface area contributed by atoms with Crippen molar-refractivity contribution in [3.8, 4) is 11.5 Å². The number of halogens is 1. The van der Waals surface area contributed by atoms with Gasteiger partial charge in [0, 0.05) is 17.4 Å². The van der Waals surface area contributed by atoms with Crippen LogP contribution in [0.3, 0.4) is 0 Å². The van der Waals surface area contributed by atoms with Crippen molar-refractivity contribution in [3.63, 3.8) is 0 Å². The average Bonchev–Trinajstić information content (AvgIpc) is 2.50. The van der Waals surface area contributed by atoms with Crippen LogP contribution in [0.4, 0.5) is 0 Å². The molecule has 0 amide bonds. The van der Waals surface area contributed by atoms with Crippen LogP contribution in [0.2, 0.25) is 0 Å². The number of rotatable bonds is 10. The Hall–Kier alpha value is -1.27. The quantitative estimate of drug-likeness (QED) is 0.682. The van der Waals surface area contributed by atoms with Crippen molar-refractivity contribution in [1.29, 1.82) is 0 Å². The van der Waals surface area contributed by atoms with Crippen LogP contribution in [-0.2, 0) is 11.2 Å². The standard InChI is InChI=1S/C16H24BrNO4/c1-4-18(5-2)8-9-22-16-12(6-7-15(19)20)10-13(17)11-14(16)21-3/h10-11H,4-9H2,1-3H3,(H,19,20). The Kier molecular flexibility index (Phi) is 8.27. The Morgan fingerprint density at radius 1 is 1.32 bits per heavy atom. The van der Waals surface area contributed by atoms with E-state index in [4.69, 9.17) is 14.6 Å². The molecule has 0 aliphatic carbocycles. The smallest absolute Gasteiger partial charge is 0.303 e. The lowest BCUT2D eigenvalue weighted by Crippen LogP contribution is -2.28. The number of carboxylic acid groups (broad SMARTS) is 1. The van der Waals surface area contributed by atoms with Crippen molar-refractivity contribution >= 4 is 21.9 Å². The van der Waals surface area contributed by atoms with Crippen molar-refractivity contribution in [3.05, 3.63) is 22.2 Å². The first-order chi connectivity index (χ1) is 10.5. The summed E-state index contributed by atoms with van der Waals surface area (Å²) < 4.78 is 12.1. The molecule has 0 heterocycles. The first-order valence-corrected chi connectivity index (χ1v) is 8.24. The highest BCUT2D eigenvalue weighted by molar-refractivity contribution is 9.10. The van der Waals surface area contributed by atoms with Gasteiger partial charge in [-0.25, -0.2) is 0 Å². The summed E-state index contributed by atoms with van der Waals surface area (Å²) >= 11 is 3.42. The number of aliphatic carboxylic acids is 1. The molecule has 0 spiro atoms. The van der Waals surface area contributed by atoms with E-state index in [1.54, 1.807) is 7.11 Å². The lowest BCUT2D eigenvalue weighted by Gasteiger charge is -2.20. The van der Waals surface area contributed by atoms with Gasteiger partial charge >= 0.3 is 5.97 Å². The second-order valence-electron chi connectivity index (χ2n) is 4.87. The number of benzene rings is 1. The number of aryl methyl sites for hydroxylation is 1. The van der Waals surface area contributed by atoms with E-state index in [1.165, 1.54) is 0 Å². The highest BCUT2D eigenvalue weighted by Gasteiger charge is 2.14. The molecule has 6 heteroatoms. The number of carboxylic acids is 1. The molecule has 0 aliphatic rings. The van der Waals surface area contributed by atoms with Crippen molar-refractivity contribution in [1.82, 2.24) is 4.90 Å². The second-order valence-corrected chi connectivity index (χ2v) is 5.78. The fourth-order valence-corrected chi connectivity index (χ4v) is 2.67. The molecule has 1 N–H and O–H groups in total. The van der Waals surface area contributed by atoms with Gasteiger partial charge in [-0.2, -0.15) is 0 Å². The second kappa shape index (κ2) is 9.69. The maximum atomic E-state index is 10.8. The summed E-state index contributed by atoms with van der Waals surface area (Å²) in [6, 6.07) is 3.72. The number of hydrogen-bond donors (Lipinski definition) is 1. The van der Waals surface area contributed by atoms with E-state index >= 15 is 0 Å². The minimum atomic E-state index is -0.826. The zero-order chi connectivity index (χ0) is 16.5. The zero-order valence-corrected chi connectivity index (χ0v) is 15.0. The average molecular weight is 374 g/mol. The van der Waals surface area contributed by atoms with Crippen molar-refractivity contribution in [2.75, 3.05) is 33.4 Å². The largest absolute Gasteiger partial charge is 0.493 e. The van der Waals surface area contributed by atoms with Gasteiger partial charge in [0.1, 0.15) is 6.61 Å². The van der Waals surface area contributed by atoms with Gasteiger partial charge in [0.2, 0.25) is 0 Å². The summed E-state index contributed by atoms with van der Waals surface area (Å²) in [5.74, 6) is 0.432. The van der Waals surface area contributed by atoms with E-state index in [-0.39, 0.29) is 6.42 Å². The molecule has 1 aromatic carbocycles. The van der Waals surface area contributed by atoms with Gasteiger partial charge in [0.05, 0.1) is 7.11 Å². The van der Waals surface area contributed by atoms with Crippen molar-refractivity contribution in [2.45, 2.75) is 26.7 Å². The van der Waals surface area contributed by atoms with Crippen LogP contribution < -0.4 is 9.47 Å². The fraction of sp³-hybridized carbons (Fsp3) is 0.562. The van der Waals surface area contributed by atoms with Crippen LogP contribution in [0, 0.1) is 0 Å². The lowest BCUT2D eigenvalue weighted by molar-refractivity contribution is -0.136. The Balaban J connectivity index is 2.86. The molecule has 1 rings (SSSR count). The Morgan fingerprint density at radius 3 is 2.55 bits per heavy atom. The van der Waals surface area contributed by atoms with Crippen LogP contribution in [0.5, 0.6) is 11.5 Å². The van der Waals surface area contributed by atoms with E-state index in [2.05, 4.69) is 34.7 Å². The summed E-state index contributed by atoms with van der Waals surface area (Å²) in [5, 5.41) is 8.88. The van der Waals surface area contributed by atoms with Gasteiger partial charge in [-0.05, 0) is 37.2 Å². The molecule has 0 saturated carbocycles. The third-order valence-electron chi connectivity index (χ3n) is 3.47. The predicted molar refractivity (Wildman–Crippen MR) is 89.9 cm³/mol. The number of methoxy groups -OCH3 is 1. The third-order valence-corrected chi connectivity index (χ3v) is 3.93. The van der Waals surface area contributed by atoms with Crippen LogP contribution in [0.25, 0.3) is 0 Å². The topological polar surface area (TPSA) is 59.0 Å². The molecule has 22 heavy (non-hydrogen) atoms. The minimum absolute atomic E-state index is 0.0615. The van der Waals surface area contributed by atoms with E-state index in [0.29, 0.717) is 24.5 Å². The minimum Gasteiger partial charge on any atom is -0.493 e. The summed E-state index contributed by atoms with van der Waals surface area (Å²) in [5.41, 5.74) is 0.841. The fourth-order valence-electron chi connectivity index (χ4n) is 2.18. The number of hydrogen-bond acceptors (Lipinski definition) is 4. The van der Waals surface area contributed by atoms with Gasteiger partial charge in [-0.3, -0.25) is 4.79 Å². The van der Waals surface area contributed by atoms with Gasteiger partial charge in [0.25, 0.3) is 0 Å². The van der Waals surface area contributed by atoms with E-state index in [1.807, 2.05) is 12.1 Å². The molecular weight excluding hydrogens is 350 g/mol. The lowest BCUT2D eigenvalue weighted by atomic mass is 10.1. The summed E-state index contributed by atoms with van der Waals surface area (Å²) in [7, 11) is 1.58. The van der Waals surface area contributed by atoms with E-state index in [9.17, 15) is 4.79 Å². The molecule has 0 bridgehead atoms. The molecule has 0 radical (unpaired) electrons. The van der Waals surface area contributed by atoms with E-state index in [0.717, 1.165) is 29.7 Å². The predicted octanol–water partition coefficient (Wildman–Crippen LogP) is 3.20. The normalized spacial score (nSPS) is 10.8. The molecule has 1 aromatic rings. The highest BCUT2D eigenvalue weighted by atomic mass is 79.9. The van der Waals surface area contributed by atoms with Crippen molar-refractivity contribution < 1.29 is 19.4 Å². The number of ether oxygens (including phenoxy) is 2. The molecule has 0 saturated heterocycles. The Bertz CT molecular complexity index is 489. The zero-order valence-electron chi connectivity index (χ0n) is 13.4. The molecule has 0 unspecified atom stereocenters. The van der Waals surface area contributed by atoms with Crippen LogP contribution in [0.1, 0.15) is 25.8 Å². The molecule has 0 fully saturated rings.